The van der Waals surface area contributed by atoms with E-state index in [1.54, 1.807) is 18.3 Å². The van der Waals surface area contributed by atoms with Crippen molar-refractivity contribution >= 4 is 17.5 Å². The monoisotopic (exact) mass is 606 g/mol. The number of ketones is 1. The highest BCUT2D eigenvalue weighted by molar-refractivity contribution is 5.97. The zero-order chi connectivity index (χ0) is 30.7. The second kappa shape index (κ2) is 10.9. The van der Waals surface area contributed by atoms with Crippen LogP contribution in [0.3, 0.4) is 0 Å². The van der Waals surface area contributed by atoms with Crippen LogP contribution in [0.15, 0.2) is 48.7 Å². The Morgan fingerprint density at radius 3 is 2.77 bits per heavy atom. The SMILES string of the molecule is CN(C)[C@H]1CCN(Cc2ccc(C(=O)C[C@@H]3[C@H]4Oc5ccc(Oc6ccnc7c6CCC(=O)N7)cc5[C@@H]34)cc2C(F)(F)F)C1. The number of carbonyl (C=O) groups is 2. The number of likely N-dealkylation sites (tertiary alicyclic amines) is 1. The minimum absolute atomic E-state index is 0.0238. The van der Waals surface area contributed by atoms with Crippen LogP contribution in [-0.2, 0) is 23.9 Å². The summed E-state index contributed by atoms with van der Waals surface area (Å²) >= 11 is 0. The summed E-state index contributed by atoms with van der Waals surface area (Å²) < 4.78 is 54.6. The maximum Gasteiger partial charge on any atom is 0.416 e. The minimum Gasteiger partial charge on any atom is -0.489 e. The topological polar surface area (TPSA) is 84.0 Å². The van der Waals surface area contributed by atoms with Crippen molar-refractivity contribution in [3.63, 3.8) is 0 Å². The summed E-state index contributed by atoms with van der Waals surface area (Å²) in [6, 6.07) is 11.6. The Hall–Kier alpha value is -3.96. The van der Waals surface area contributed by atoms with Gasteiger partial charge in [-0.2, -0.15) is 13.2 Å². The molecule has 7 rings (SSSR count). The van der Waals surface area contributed by atoms with Crippen LogP contribution in [0.2, 0.25) is 0 Å². The maximum atomic E-state index is 14.1. The fourth-order valence-corrected chi connectivity index (χ4v) is 6.84. The normalized spacial score (nSPS) is 23.9. The highest BCUT2D eigenvalue weighted by Gasteiger charge is 2.59. The van der Waals surface area contributed by atoms with Gasteiger partial charge in [-0.3, -0.25) is 14.5 Å². The molecule has 1 saturated heterocycles. The summed E-state index contributed by atoms with van der Waals surface area (Å²) in [5, 5.41) is 2.77. The number of hydrogen-bond donors (Lipinski definition) is 1. The first-order chi connectivity index (χ1) is 21.0. The largest absolute Gasteiger partial charge is 0.489 e. The molecule has 1 N–H and O–H groups in total. The van der Waals surface area contributed by atoms with E-state index in [2.05, 4.69) is 15.2 Å². The van der Waals surface area contributed by atoms with Crippen molar-refractivity contribution in [3.05, 3.63) is 76.5 Å². The summed E-state index contributed by atoms with van der Waals surface area (Å²) in [4.78, 5) is 33.4. The number of hydrogen-bond acceptors (Lipinski definition) is 7. The summed E-state index contributed by atoms with van der Waals surface area (Å²) in [6.45, 7) is 1.65. The number of amides is 1. The first-order valence-electron chi connectivity index (χ1n) is 14.9. The number of alkyl halides is 3. The predicted octanol–water partition coefficient (Wildman–Crippen LogP) is 5.66. The van der Waals surface area contributed by atoms with Crippen LogP contribution >= 0.6 is 0 Å². The number of Topliss-reactive ketones (excluding diaryl/α,β-unsaturated/α-hetero) is 1. The Bertz CT molecular complexity index is 1640. The van der Waals surface area contributed by atoms with Gasteiger partial charge in [-0.15, -0.1) is 0 Å². The fourth-order valence-electron chi connectivity index (χ4n) is 6.84. The zero-order valence-electron chi connectivity index (χ0n) is 24.5. The molecule has 0 bridgehead atoms. The predicted molar refractivity (Wildman–Crippen MR) is 156 cm³/mol. The van der Waals surface area contributed by atoms with Gasteiger partial charge in [0.15, 0.2) is 5.78 Å². The smallest absolute Gasteiger partial charge is 0.416 e. The van der Waals surface area contributed by atoms with Crippen molar-refractivity contribution in [1.82, 2.24) is 14.8 Å². The molecule has 8 nitrogen and oxygen atoms in total. The average Bonchev–Trinajstić information content (AvgIpc) is 3.28. The van der Waals surface area contributed by atoms with E-state index < -0.39 is 11.7 Å². The molecule has 1 aromatic heterocycles. The molecule has 1 amide bonds. The molecule has 0 spiro atoms. The number of rotatable bonds is 8. The Morgan fingerprint density at radius 2 is 2.00 bits per heavy atom. The van der Waals surface area contributed by atoms with Gasteiger partial charge in [0.05, 0.1) is 5.56 Å². The van der Waals surface area contributed by atoms with E-state index in [1.807, 2.05) is 31.1 Å². The van der Waals surface area contributed by atoms with E-state index in [1.165, 1.54) is 12.1 Å². The molecular weight excluding hydrogens is 573 g/mol. The van der Waals surface area contributed by atoms with Crippen molar-refractivity contribution in [2.24, 2.45) is 5.92 Å². The van der Waals surface area contributed by atoms with E-state index >= 15 is 0 Å². The molecule has 0 radical (unpaired) electrons. The van der Waals surface area contributed by atoms with E-state index in [4.69, 9.17) is 9.47 Å². The highest BCUT2D eigenvalue weighted by atomic mass is 19.4. The number of halogens is 3. The number of aromatic nitrogens is 1. The van der Waals surface area contributed by atoms with Crippen molar-refractivity contribution in [1.29, 1.82) is 0 Å². The lowest BCUT2D eigenvalue weighted by atomic mass is 9.97. The Morgan fingerprint density at radius 1 is 1.16 bits per heavy atom. The molecule has 1 aliphatic carbocycles. The summed E-state index contributed by atoms with van der Waals surface area (Å²) in [7, 11) is 3.97. The number of benzene rings is 2. The third-order valence-electron chi connectivity index (χ3n) is 9.33. The number of anilines is 1. The number of likely N-dealkylation sites (N-methyl/N-ethyl adjacent to an activating group) is 1. The van der Waals surface area contributed by atoms with E-state index in [-0.39, 0.29) is 53.7 Å². The molecule has 2 fully saturated rings. The first-order valence-corrected chi connectivity index (χ1v) is 14.9. The van der Waals surface area contributed by atoms with Crippen LogP contribution in [0.1, 0.15) is 57.8 Å². The molecule has 4 atom stereocenters. The third kappa shape index (κ3) is 5.43. The van der Waals surface area contributed by atoms with Gasteiger partial charge in [-0.25, -0.2) is 4.98 Å². The van der Waals surface area contributed by atoms with Gasteiger partial charge in [0.25, 0.3) is 0 Å². The van der Waals surface area contributed by atoms with E-state index in [0.29, 0.717) is 42.7 Å². The second-order valence-electron chi connectivity index (χ2n) is 12.4. The van der Waals surface area contributed by atoms with Gasteiger partial charge in [0.1, 0.15) is 29.2 Å². The third-order valence-corrected chi connectivity index (χ3v) is 9.33. The standard InChI is InChI=1S/C33H33F3N4O4/c1-39(2)20-10-12-40(17-20)16-19-4-3-18(13-25(19)33(34,35)36)26(41)15-24-30-23-14-21(5-7-27(23)44-31(24)30)43-28-9-11-37-32-22(28)6-8-29(42)38-32/h3-5,7,9,11,13-14,20,24,30-31H,6,8,10,12,15-17H2,1-2H3,(H,37,38,42)/t20-,24-,30-,31+/m0/s1. The molecule has 3 aromatic rings. The van der Waals surface area contributed by atoms with Gasteiger partial charge in [-0.05, 0) is 62.8 Å². The molecule has 4 heterocycles. The van der Waals surface area contributed by atoms with Crippen LogP contribution in [-0.4, -0.2) is 65.8 Å². The van der Waals surface area contributed by atoms with Crippen LogP contribution < -0.4 is 14.8 Å². The lowest BCUT2D eigenvalue weighted by Crippen LogP contribution is -2.31. The van der Waals surface area contributed by atoms with Crippen LogP contribution in [0, 0.1) is 5.92 Å². The second-order valence-corrected chi connectivity index (χ2v) is 12.4. The maximum absolute atomic E-state index is 14.1. The van der Waals surface area contributed by atoms with Crippen LogP contribution in [0.4, 0.5) is 19.0 Å². The number of nitrogens with one attached hydrogen (secondary N) is 1. The van der Waals surface area contributed by atoms with Crippen molar-refractivity contribution < 1.29 is 32.2 Å². The lowest BCUT2D eigenvalue weighted by molar-refractivity contribution is -0.138. The lowest BCUT2D eigenvalue weighted by Gasteiger charge is -2.22. The fraction of sp³-hybridized carbons (Fsp3) is 0.424. The molecular formula is C33H33F3N4O4. The molecule has 0 unspecified atom stereocenters. The van der Waals surface area contributed by atoms with Crippen LogP contribution in [0.5, 0.6) is 17.2 Å². The Kier molecular flexibility index (Phi) is 7.12. The molecule has 2 aromatic carbocycles. The van der Waals surface area contributed by atoms with E-state index in [0.717, 1.165) is 35.9 Å². The van der Waals surface area contributed by atoms with Crippen molar-refractivity contribution in [2.45, 2.75) is 56.5 Å². The number of ether oxygens (including phenoxy) is 2. The molecule has 4 aliphatic rings. The Balaban J connectivity index is 1.04. The van der Waals surface area contributed by atoms with Crippen molar-refractivity contribution in [2.75, 3.05) is 32.5 Å². The number of pyridine rings is 1. The molecule has 44 heavy (non-hydrogen) atoms. The van der Waals surface area contributed by atoms with E-state index in [9.17, 15) is 22.8 Å². The molecule has 1 saturated carbocycles. The molecule has 3 aliphatic heterocycles. The van der Waals surface area contributed by atoms with Gasteiger partial charge >= 0.3 is 6.18 Å². The van der Waals surface area contributed by atoms with Crippen LogP contribution in [0.25, 0.3) is 0 Å². The van der Waals surface area contributed by atoms with Gasteiger partial charge in [-0.1, -0.05) is 12.1 Å². The summed E-state index contributed by atoms with van der Waals surface area (Å²) in [5.74, 6) is 1.89. The van der Waals surface area contributed by atoms with Gasteiger partial charge in [0, 0.05) is 73.2 Å². The highest BCUT2D eigenvalue weighted by Crippen LogP contribution is 2.60. The average molecular weight is 607 g/mol. The Labute approximate surface area is 253 Å². The molecule has 11 heteroatoms. The molecule has 230 valence electrons. The first kappa shape index (κ1) is 28.8. The van der Waals surface area contributed by atoms with Crippen molar-refractivity contribution in [3.8, 4) is 17.2 Å². The number of carbonyl (C=O) groups excluding carboxylic acids is 2. The van der Waals surface area contributed by atoms with Gasteiger partial charge in [0.2, 0.25) is 5.91 Å². The quantitative estimate of drug-likeness (QED) is 0.332. The zero-order valence-corrected chi connectivity index (χ0v) is 24.5. The minimum atomic E-state index is -4.56. The summed E-state index contributed by atoms with van der Waals surface area (Å²) in [5.41, 5.74) is 1.28. The van der Waals surface area contributed by atoms with Gasteiger partial charge < -0.3 is 19.7 Å². The number of fused-ring (bicyclic) bond motifs is 4. The number of nitrogens with zero attached hydrogens (tertiary/aromatic N) is 3. The summed E-state index contributed by atoms with van der Waals surface area (Å²) in [6.07, 6.45) is -1.26.